The Labute approximate surface area is 139 Å². The summed E-state index contributed by atoms with van der Waals surface area (Å²) in [5, 5.41) is 1.12. The Hall–Kier alpha value is -1.11. The van der Waals surface area contributed by atoms with E-state index in [1.807, 2.05) is 30.5 Å². The van der Waals surface area contributed by atoms with E-state index >= 15 is 0 Å². The van der Waals surface area contributed by atoms with Crippen molar-refractivity contribution < 1.29 is 9.22 Å². The van der Waals surface area contributed by atoms with Crippen LogP contribution in [-0.2, 0) is 6.42 Å². The van der Waals surface area contributed by atoms with Crippen LogP contribution >= 0.6 is 10.4 Å². The molecule has 0 aromatic heterocycles. The van der Waals surface area contributed by atoms with Gasteiger partial charge in [-0.1, -0.05) is 31.4 Å². The summed E-state index contributed by atoms with van der Waals surface area (Å²) in [5.74, 6) is 1.35. The molecule has 4 nitrogen and oxygen atoms in total. The number of hydrogen-bond acceptors (Lipinski definition) is 4. The summed E-state index contributed by atoms with van der Waals surface area (Å²) in [6.07, 6.45) is 8.89. The van der Waals surface area contributed by atoms with Gasteiger partial charge in [0.25, 0.3) is 0 Å². The molecule has 0 saturated heterocycles. The highest BCUT2D eigenvalue weighted by atomic mass is 32.3. The number of rotatable bonds is 7. The van der Waals surface area contributed by atoms with Gasteiger partial charge in [-0.05, 0) is 52.0 Å². The molecule has 0 amide bonds. The van der Waals surface area contributed by atoms with Gasteiger partial charge in [0, 0.05) is 18.7 Å². The van der Waals surface area contributed by atoms with Crippen LogP contribution in [0.2, 0.25) is 0 Å². The van der Waals surface area contributed by atoms with Crippen LogP contribution < -0.4 is 10.2 Å². The molecule has 1 N–H and O–H groups in total. The van der Waals surface area contributed by atoms with Gasteiger partial charge in [0.2, 0.25) is 0 Å². The fraction of sp³-hybridized carbons (Fsp3) is 0.588. The second kappa shape index (κ2) is 7.20. The van der Waals surface area contributed by atoms with Crippen LogP contribution in [0.25, 0.3) is 0 Å². The summed E-state index contributed by atoms with van der Waals surface area (Å²) in [7, 11) is -0.0331. The zero-order chi connectivity index (χ0) is 16.3. The first-order valence-electron chi connectivity index (χ1n) is 8.34. The van der Waals surface area contributed by atoms with Gasteiger partial charge in [-0.2, -0.15) is 0 Å². The molecule has 1 aliphatic heterocycles. The van der Waals surface area contributed by atoms with Crippen LogP contribution in [0, 0.1) is 5.92 Å². The van der Waals surface area contributed by atoms with Crippen molar-refractivity contribution in [3.05, 3.63) is 29.8 Å². The molecule has 0 radical (unpaired) electrons. The highest BCUT2D eigenvalue weighted by molar-refractivity contribution is 8.48. The minimum Gasteiger partial charge on any atom is -0.497 e. The molecule has 1 atom stereocenters. The third kappa shape index (κ3) is 3.87. The normalized spacial score (nSPS) is 27.4. The Kier molecular flexibility index (Phi) is 5.24. The molecule has 128 valence electrons. The summed E-state index contributed by atoms with van der Waals surface area (Å²) in [5.41, 5.74) is 4.02. The highest BCUT2D eigenvalue weighted by Crippen LogP contribution is 2.66. The number of nitrogens with zero attached hydrogens (tertiary/aromatic N) is 2. The van der Waals surface area contributed by atoms with Crippen molar-refractivity contribution in [1.29, 1.82) is 0 Å². The first-order valence-corrected chi connectivity index (χ1v) is 10.3. The third-order valence-corrected chi connectivity index (χ3v) is 7.03. The van der Waals surface area contributed by atoms with Crippen molar-refractivity contribution in [3.63, 3.8) is 0 Å². The lowest BCUT2D eigenvalue weighted by Gasteiger charge is -2.27. The fourth-order valence-corrected chi connectivity index (χ4v) is 5.49. The number of ether oxygens (including phenoxy) is 1. The van der Waals surface area contributed by atoms with E-state index in [-0.39, 0.29) is 0 Å². The minimum absolute atomic E-state index is 0.516. The van der Waals surface area contributed by atoms with Gasteiger partial charge in [0.15, 0.2) is 0 Å². The van der Waals surface area contributed by atoms with Gasteiger partial charge >= 0.3 is 0 Å². The maximum Gasteiger partial charge on any atom is 0.119 e. The average molecular weight is 339 g/mol. The van der Waals surface area contributed by atoms with Gasteiger partial charge < -0.3 is 4.74 Å². The number of halogens is 1. The van der Waals surface area contributed by atoms with Crippen LogP contribution in [0.5, 0.6) is 5.75 Å². The van der Waals surface area contributed by atoms with Crippen molar-refractivity contribution in [2.24, 2.45) is 10.3 Å². The van der Waals surface area contributed by atoms with Crippen molar-refractivity contribution in [1.82, 2.24) is 10.1 Å². The van der Waals surface area contributed by atoms with E-state index in [0.29, 0.717) is 12.5 Å². The summed E-state index contributed by atoms with van der Waals surface area (Å²) in [4.78, 5) is 0. The molecular weight excluding hydrogens is 313 g/mol. The van der Waals surface area contributed by atoms with E-state index in [1.54, 1.807) is 7.11 Å². The Morgan fingerprint density at radius 3 is 2.87 bits per heavy atom. The largest absolute Gasteiger partial charge is 0.497 e. The lowest BCUT2D eigenvalue weighted by molar-refractivity contribution is 0.0902. The van der Waals surface area contributed by atoms with E-state index < -0.39 is 10.4 Å². The van der Waals surface area contributed by atoms with Crippen LogP contribution in [0.3, 0.4) is 0 Å². The van der Waals surface area contributed by atoms with E-state index in [0.717, 1.165) is 27.4 Å². The zero-order valence-corrected chi connectivity index (χ0v) is 14.7. The van der Waals surface area contributed by atoms with Gasteiger partial charge in [0.1, 0.15) is 10.8 Å². The smallest absolute Gasteiger partial charge is 0.119 e. The monoisotopic (exact) mass is 339 g/mol. The molecule has 3 rings (SSSR count). The quantitative estimate of drug-likeness (QED) is 0.598. The summed E-state index contributed by atoms with van der Waals surface area (Å²) < 4.78 is 25.0. The van der Waals surface area contributed by atoms with Gasteiger partial charge in [-0.25, -0.2) is 9.82 Å². The molecule has 1 saturated carbocycles. The van der Waals surface area contributed by atoms with Gasteiger partial charge in [-0.15, -0.1) is 4.48 Å². The van der Waals surface area contributed by atoms with E-state index in [1.165, 1.54) is 32.1 Å². The number of hydrogen-bond donors (Lipinski definition) is 1. The molecule has 6 heteroatoms. The molecule has 1 aromatic carbocycles. The second-order valence-electron chi connectivity index (χ2n) is 6.35. The van der Waals surface area contributed by atoms with Crippen LogP contribution in [-0.4, -0.2) is 29.6 Å². The van der Waals surface area contributed by atoms with E-state index in [2.05, 4.69) is 9.82 Å². The van der Waals surface area contributed by atoms with E-state index in [9.17, 15) is 4.48 Å². The predicted octanol–water partition coefficient (Wildman–Crippen LogP) is 4.19. The maximum atomic E-state index is 14.4. The Bertz CT molecular complexity index is 577. The first-order chi connectivity index (χ1) is 11.1. The van der Waals surface area contributed by atoms with Crippen LogP contribution in [0.15, 0.2) is 28.7 Å². The van der Waals surface area contributed by atoms with Crippen molar-refractivity contribution in [2.75, 3.05) is 19.9 Å². The Morgan fingerprint density at radius 1 is 1.35 bits per heavy atom. The SMILES string of the molecule is COc1cccc(CCNN(F)S2(C)N=C2C2CCCCC2)c1. The Morgan fingerprint density at radius 2 is 2.13 bits per heavy atom. The Balaban J connectivity index is 1.45. The van der Waals surface area contributed by atoms with Gasteiger partial charge in [-0.3, -0.25) is 0 Å². The molecule has 23 heavy (non-hydrogen) atoms. The van der Waals surface area contributed by atoms with Crippen molar-refractivity contribution in [3.8, 4) is 5.75 Å². The van der Waals surface area contributed by atoms with Gasteiger partial charge in [0.05, 0.1) is 7.11 Å². The van der Waals surface area contributed by atoms with E-state index in [4.69, 9.17) is 4.74 Å². The first kappa shape index (κ1) is 16.7. The van der Waals surface area contributed by atoms with Crippen LogP contribution in [0.4, 0.5) is 4.48 Å². The molecule has 1 aromatic rings. The second-order valence-corrected chi connectivity index (χ2v) is 8.94. The zero-order valence-electron chi connectivity index (χ0n) is 13.9. The number of methoxy groups -OCH3 is 1. The number of hydrazine groups is 1. The molecule has 1 unspecified atom stereocenters. The van der Waals surface area contributed by atoms with Crippen LogP contribution in [0.1, 0.15) is 37.7 Å². The third-order valence-electron chi connectivity index (χ3n) is 4.68. The standard InChI is InChI=1S/C17H26FN3OS/c1-22-16-10-6-7-14(13-16)11-12-19-21(18)23(2)17(20-23)15-8-4-3-5-9-15/h6-7,10,13,15,19H,3-5,8-9,11-12H2,1-2H3. The van der Waals surface area contributed by atoms with Crippen molar-refractivity contribution >= 4 is 15.4 Å². The molecule has 0 spiro atoms. The molecule has 0 bridgehead atoms. The fourth-order valence-electron chi connectivity index (χ4n) is 3.26. The minimum atomic E-state index is -1.69. The highest BCUT2D eigenvalue weighted by Gasteiger charge is 2.48. The lowest BCUT2D eigenvalue weighted by Crippen LogP contribution is -2.33. The summed E-state index contributed by atoms with van der Waals surface area (Å²) >= 11 is 0. The maximum absolute atomic E-state index is 14.4. The van der Waals surface area contributed by atoms with Crippen molar-refractivity contribution in [2.45, 2.75) is 38.5 Å². The predicted molar refractivity (Wildman–Crippen MR) is 95.2 cm³/mol. The lowest BCUT2D eigenvalue weighted by atomic mass is 9.90. The molecule has 1 fully saturated rings. The average Bonchev–Trinajstić information content (AvgIpc) is 3.29. The summed E-state index contributed by atoms with van der Waals surface area (Å²) in [6.45, 7) is 0.555. The molecule has 2 aliphatic rings. The molecular formula is C17H26FN3OS. The molecule has 1 aliphatic carbocycles. The number of benzene rings is 1. The summed E-state index contributed by atoms with van der Waals surface area (Å²) in [6, 6.07) is 7.89. The topological polar surface area (TPSA) is 36.9 Å². The number of nitrogens with one attached hydrogen (secondary N) is 1. The molecule has 1 heterocycles.